The Bertz CT molecular complexity index is 95.1. The van der Waals surface area contributed by atoms with Gasteiger partial charge in [-0.05, 0) is 19.3 Å². The Morgan fingerprint density at radius 3 is 2.78 bits per heavy atom. The van der Waals surface area contributed by atoms with Crippen LogP contribution in [-0.4, -0.2) is 30.8 Å². The van der Waals surface area contributed by atoms with E-state index in [0.29, 0.717) is 0 Å². The Kier molecular flexibility index (Phi) is 1.44. The van der Waals surface area contributed by atoms with Crippen LogP contribution in [0.4, 0.5) is 0 Å². The standard InChI is InChI=1S/C7H13NO/c1-4-8(6-9-5-1)7-2-3-7/h7H,1-6H2. The largest absolute Gasteiger partial charge is 0.366 e. The van der Waals surface area contributed by atoms with Crippen LogP contribution in [0.5, 0.6) is 0 Å². The van der Waals surface area contributed by atoms with Gasteiger partial charge < -0.3 is 4.74 Å². The molecule has 0 aromatic rings. The Hall–Kier alpha value is -0.0800. The minimum Gasteiger partial charge on any atom is -0.366 e. The van der Waals surface area contributed by atoms with Crippen LogP contribution in [0.2, 0.25) is 0 Å². The lowest BCUT2D eigenvalue weighted by molar-refractivity contribution is -0.0177. The molecule has 0 unspecified atom stereocenters. The second-order valence-electron chi connectivity index (χ2n) is 2.93. The van der Waals surface area contributed by atoms with E-state index in [-0.39, 0.29) is 0 Å². The highest BCUT2D eigenvalue weighted by atomic mass is 16.5. The Morgan fingerprint density at radius 2 is 2.22 bits per heavy atom. The van der Waals surface area contributed by atoms with Gasteiger partial charge in [0.1, 0.15) is 0 Å². The Labute approximate surface area is 55.8 Å². The van der Waals surface area contributed by atoms with Gasteiger partial charge in [-0.15, -0.1) is 0 Å². The highest BCUT2D eigenvalue weighted by Gasteiger charge is 2.29. The van der Waals surface area contributed by atoms with E-state index in [1.165, 1.54) is 25.8 Å². The third-order valence-electron chi connectivity index (χ3n) is 2.05. The van der Waals surface area contributed by atoms with Gasteiger partial charge in [-0.3, -0.25) is 4.90 Å². The fourth-order valence-corrected chi connectivity index (χ4v) is 1.34. The lowest BCUT2D eigenvalue weighted by Crippen LogP contribution is -2.34. The van der Waals surface area contributed by atoms with Crippen molar-refractivity contribution in [1.29, 1.82) is 0 Å². The van der Waals surface area contributed by atoms with Crippen LogP contribution in [-0.2, 0) is 4.74 Å². The first-order valence-electron chi connectivity index (χ1n) is 3.78. The molecular formula is C7H13NO. The topological polar surface area (TPSA) is 12.5 Å². The summed E-state index contributed by atoms with van der Waals surface area (Å²) in [4.78, 5) is 2.45. The van der Waals surface area contributed by atoms with E-state index in [9.17, 15) is 0 Å². The van der Waals surface area contributed by atoms with E-state index in [1.807, 2.05) is 0 Å². The molecule has 1 saturated heterocycles. The van der Waals surface area contributed by atoms with Crippen LogP contribution >= 0.6 is 0 Å². The third-order valence-corrected chi connectivity index (χ3v) is 2.05. The number of hydrogen-bond donors (Lipinski definition) is 0. The molecule has 0 amide bonds. The lowest BCUT2D eigenvalue weighted by Gasteiger charge is -2.25. The summed E-state index contributed by atoms with van der Waals surface area (Å²) in [7, 11) is 0. The quantitative estimate of drug-likeness (QED) is 0.517. The first kappa shape index (κ1) is 5.69. The zero-order chi connectivity index (χ0) is 6.10. The summed E-state index contributed by atoms with van der Waals surface area (Å²) in [5, 5.41) is 0. The molecule has 52 valence electrons. The molecule has 0 bridgehead atoms. The van der Waals surface area contributed by atoms with Crippen molar-refractivity contribution in [2.45, 2.75) is 25.3 Å². The van der Waals surface area contributed by atoms with Crippen LogP contribution in [0, 0.1) is 0 Å². The Balaban J connectivity index is 1.80. The molecule has 1 aliphatic heterocycles. The van der Waals surface area contributed by atoms with Gasteiger partial charge in [0.15, 0.2) is 0 Å². The summed E-state index contributed by atoms with van der Waals surface area (Å²) >= 11 is 0. The third kappa shape index (κ3) is 1.25. The first-order chi connectivity index (χ1) is 4.47. The predicted octanol–water partition coefficient (Wildman–Crippen LogP) is 0.829. The number of ether oxygens (including phenoxy) is 1. The molecule has 0 N–H and O–H groups in total. The smallest absolute Gasteiger partial charge is 0.0992 e. The van der Waals surface area contributed by atoms with Crippen molar-refractivity contribution >= 4 is 0 Å². The van der Waals surface area contributed by atoms with Crippen LogP contribution in [0.1, 0.15) is 19.3 Å². The second-order valence-corrected chi connectivity index (χ2v) is 2.93. The maximum atomic E-state index is 5.31. The van der Waals surface area contributed by atoms with E-state index in [1.54, 1.807) is 0 Å². The van der Waals surface area contributed by atoms with E-state index in [0.717, 1.165) is 19.4 Å². The summed E-state index contributed by atoms with van der Waals surface area (Å²) in [6, 6.07) is 0.894. The molecule has 1 saturated carbocycles. The molecule has 9 heavy (non-hydrogen) atoms. The molecule has 2 heteroatoms. The molecule has 1 aliphatic carbocycles. The van der Waals surface area contributed by atoms with Crippen LogP contribution in [0.25, 0.3) is 0 Å². The molecule has 2 aliphatic rings. The van der Waals surface area contributed by atoms with Gasteiger partial charge in [-0.2, -0.15) is 0 Å². The van der Waals surface area contributed by atoms with Crippen molar-refractivity contribution in [3.8, 4) is 0 Å². The second kappa shape index (κ2) is 2.27. The van der Waals surface area contributed by atoms with Crippen molar-refractivity contribution in [1.82, 2.24) is 4.90 Å². The lowest BCUT2D eigenvalue weighted by atomic mass is 10.4. The summed E-state index contributed by atoms with van der Waals surface area (Å²) in [5.74, 6) is 0. The molecule has 0 spiro atoms. The van der Waals surface area contributed by atoms with Gasteiger partial charge in [0.2, 0.25) is 0 Å². The van der Waals surface area contributed by atoms with E-state index in [4.69, 9.17) is 4.74 Å². The molecule has 0 aromatic heterocycles. The highest BCUT2D eigenvalue weighted by molar-refractivity contribution is 4.83. The van der Waals surface area contributed by atoms with Crippen molar-refractivity contribution in [3.63, 3.8) is 0 Å². The van der Waals surface area contributed by atoms with Crippen molar-refractivity contribution in [2.24, 2.45) is 0 Å². The Morgan fingerprint density at radius 1 is 1.33 bits per heavy atom. The first-order valence-corrected chi connectivity index (χ1v) is 3.78. The average Bonchev–Trinajstić information content (AvgIpc) is 2.71. The molecule has 0 atom stereocenters. The van der Waals surface area contributed by atoms with Gasteiger partial charge in [0.05, 0.1) is 6.73 Å². The molecule has 2 rings (SSSR count). The van der Waals surface area contributed by atoms with Gasteiger partial charge >= 0.3 is 0 Å². The van der Waals surface area contributed by atoms with E-state index in [2.05, 4.69) is 4.90 Å². The fourth-order valence-electron chi connectivity index (χ4n) is 1.34. The normalized spacial score (nSPS) is 30.7. The zero-order valence-corrected chi connectivity index (χ0v) is 5.68. The van der Waals surface area contributed by atoms with Gasteiger partial charge in [-0.25, -0.2) is 0 Å². The van der Waals surface area contributed by atoms with Crippen molar-refractivity contribution in [3.05, 3.63) is 0 Å². The van der Waals surface area contributed by atoms with Crippen LogP contribution in [0.3, 0.4) is 0 Å². The molecular weight excluding hydrogens is 114 g/mol. The molecule has 0 radical (unpaired) electrons. The minimum absolute atomic E-state index is 0.894. The SMILES string of the molecule is C1COCN(C2CC2)C1. The maximum Gasteiger partial charge on any atom is 0.0992 e. The van der Waals surface area contributed by atoms with E-state index < -0.39 is 0 Å². The van der Waals surface area contributed by atoms with Crippen molar-refractivity contribution < 1.29 is 4.74 Å². The molecule has 2 fully saturated rings. The summed E-state index contributed by atoms with van der Waals surface area (Å²) in [6.07, 6.45) is 4.04. The van der Waals surface area contributed by atoms with Gasteiger partial charge in [0, 0.05) is 19.2 Å². The monoisotopic (exact) mass is 127 g/mol. The average molecular weight is 127 g/mol. The molecule has 0 aromatic carbocycles. The summed E-state index contributed by atoms with van der Waals surface area (Å²) in [6.45, 7) is 3.14. The molecule has 2 nitrogen and oxygen atoms in total. The zero-order valence-electron chi connectivity index (χ0n) is 5.68. The van der Waals surface area contributed by atoms with Crippen molar-refractivity contribution in [2.75, 3.05) is 19.9 Å². The van der Waals surface area contributed by atoms with Gasteiger partial charge in [-0.1, -0.05) is 0 Å². The summed E-state index contributed by atoms with van der Waals surface area (Å²) < 4.78 is 5.31. The number of rotatable bonds is 1. The summed E-state index contributed by atoms with van der Waals surface area (Å²) in [5.41, 5.74) is 0. The fraction of sp³-hybridized carbons (Fsp3) is 1.00. The predicted molar refractivity (Wildman–Crippen MR) is 35.2 cm³/mol. The number of hydrogen-bond acceptors (Lipinski definition) is 2. The highest BCUT2D eigenvalue weighted by Crippen LogP contribution is 2.27. The van der Waals surface area contributed by atoms with Crippen LogP contribution in [0.15, 0.2) is 0 Å². The molecule has 1 heterocycles. The van der Waals surface area contributed by atoms with E-state index >= 15 is 0 Å². The van der Waals surface area contributed by atoms with Gasteiger partial charge in [0.25, 0.3) is 0 Å². The van der Waals surface area contributed by atoms with Crippen LogP contribution < -0.4 is 0 Å². The minimum atomic E-state index is 0.894. The maximum absolute atomic E-state index is 5.31. The number of nitrogens with zero attached hydrogens (tertiary/aromatic N) is 1.